The Hall–Kier alpha value is -0.910. The Morgan fingerprint density at radius 3 is 2.00 bits per heavy atom. The Kier molecular flexibility index (Phi) is 48.8. The van der Waals surface area contributed by atoms with Gasteiger partial charge < -0.3 is 10.5 Å². The molecule has 0 unspecified atom stereocenters. The van der Waals surface area contributed by atoms with Crippen LogP contribution in [0.1, 0.15) is 79.1 Å². The number of hydrogen-bond donors (Lipinski definition) is 1. The van der Waals surface area contributed by atoms with Crippen molar-refractivity contribution >= 4 is 30.5 Å². The number of unbranched alkanes of at least 4 members (excludes halogenated alkanes) is 5. The van der Waals surface area contributed by atoms with E-state index in [1.807, 2.05) is 32.5 Å². The summed E-state index contributed by atoms with van der Waals surface area (Å²) < 4.78 is 11.4. The second-order valence-corrected chi connectivity index (χ2v) is 5.56. The molecule has 23 heavy (non-hydrogen) atoms. The van der Waals surface area contributed by atoms with E-state index < -0.39 is 6.04 Å². The molecule has 0 aliphatic carbocycles. The number of carbonyl (C=O) groups is 3. The van der Waals surface area contributed by atoms with Crippen molar-refractivity contribution in [1.29, 1.82) is 0 Å². The van der Waals surface area contributed by atoms with Gasteiger partial charge in [-0.2, -0.15) is 16.2 Å². The Bertz CT molecular complexity index is 230. The fourth-order valence-electron chi connectivity index (χ4n) is 1.27. The zero-order valence-electron chi connectivity index (χ0n) is 15.3. The van der Waals surface area contributed by atoms with Crippen molar-refractivity contribution in [2.75, 3.05) is 11.5 Å². The van der Waals surface area contributed by atoms with Gasteiger partial charge >= 0.3 is 6.04 Å². The van der Waals surface area contributed by atoms with Crippen molar-refractivity contribution in [3.63, 3.8) is 0 Å². The molecule has 0 saturated carbocycles. The summed E-state index contributed by atoms with van der Waals surface area (Å²) in [5, 5.41) is 0. The lowest BCUT2D eigenvalue weighted by atomic mass is 10.2. The maximum atomic E-state index is 11.4. The molecule has 0 saturated heterocycles. The van der Waals surface area contributed by atoms with Gasteiger partial charge in [-0.15, -0.1) is 0 Å². The van der Waals surface area contributed by atoms with Gasteiger partial charge in [0.1, 0.15) is 6.29 Å². The smallest absolute Gasteiger partial charge is 0.301 e. The fourth-order valence-corrected chi connectivity index (χ4v) is 1.96. The van der Waals surface area contributed by atoms with Crippen LogP contribution in [0.5, 0.6) is 0 Å². The Labute approximate surface area is 146 Å². The summed E-state index contributed by atoms with van der Waals surface area (Å²) in [6, 6.07) is -1.18. The highest BCUT2D eigenvalue weighted by molar-refractivity contribution is 7.99. The van der Waals surface area contributed by atoms with E-state index in [-0.39, 0.29) is 12.8 Å². The molecule has 0 bridgehead atoms. The summed E-state index contributed by atoms with van der Waals surface area (Å²) in [4.78, 5) is 28.1. The van der Waals surface area contributed by atoms with Crippen LogP contribution in [0.25, 0.3) is 0 Å². The van der Waals surface area contributed by atoms with Crippen LogP contribution in [-0.2, 0) is 14.4 Å². The molecule has 0 aromatic rings. The topological polar surface area (TPSA) is 77.2 Å². The third-order valence-electron chi connectivity index (χ3n) is 2.29. The van der Waals surface area contributed by atoms with Gasteiger partial charge in [0, 0.05) is 12.8 Å². The van der Waals surface area contributed by atoms with Crippen molar-refractivity contribution in [2.24, 2.45) is 5.73 Å². The molecule has 0 aromatic heterocycles. The minimum Gasteiger partial charge on any atom is -0.372 e. The second-order valence-electron chi connectivity index (χ2n) is 4.16. The minimum atomic E-state index is -1.18. The van der Waals surface area contributed by atoms with Crippen LogP contribution in [0.3, 0.4) is 0 Å². The van der Waals surface area contributed by atoms with E-state index in [2.05, 4.69) is 12.7 Å². The predicted molar refractivity (Wildman–Crippen MR) is 99.4 cm³/mol. The molecule has 140 valence electrons. The fraction of sp³-hybridized carbons (Fsp3) is 0.824. The van der Waals surface area contributed by atoms with Crippen LogP contribution < -0.4 is 5.73 Å². The van der Waals surface area contributed by atoms with Crippen LogP contribution in [0, 0.1) is 0 Å². The zero-order chi connectivity index (χ0) is 18.8. The van der Waals surface area contributed by atoms with E-state index in [9.17, 15) is 14.0 Å². The highest BCUT2D eigenvalue weighted by Crippen LogP contribution is 2.05. The SMILES string of the molecule is CC.CCCCCC(=O)F.CCSCCCCCC=O.NC=O. The number of rotatable bonds is 11. The molecule has 0 aromatic carbocycles. The monoisotopic (exact) mass is 353 g/mol. The molecule has 2 N–H and O–H groups in total. The molecule has 0 radical (unpaired) electrons. The minimum absolute atomic E-state index is 0.105. The molecule has 0 heterocycles. The number of primary amides is 1. The summed E-state index contributed by atoms with van der Waals surface area (Å²) in [6.07, 6.45) is 8.36. The molecule has 0 fully saturated rings. The Morgan fingerprint density at radius 2 is 1.61 bits per heavy atom. The lowest BCUT2D eigenvalue weighted by Crippen LogP contribution is -1.85. The number of carbonyl (C=O) groups excluding carboxylic acids is 3. The van der Waals surface area contributed by atoms with E-state index in [0.717, 1.165) is 32.0 Å². The lowest BCUT2D eigenvalue weighted by Gasteiger charge is -1.95. The molecule has 0 rings (SSSR count). The number of halogens is 1. The molecular formula is C17H36FNO3S. The third-order valence-corrected chi connectivity index (χ3v) is 3.28. The van der Waals surface area contributed by atoms with Crippen LogP contribution in [0.4, 0.5) is 4.39 Å². The largest absolute Gasteiger partial charge is 0.372 e. The van der Waals surface area contributed by atoms with Gasteiger partial charge in [0.05, 0.1) is 0 Å². The first-order valence-electron chi connectivity index (χ1n) is 8.45. The molecule has 0 atom stereocenters. The van der Waals surface area contributed by atoms with E-state index >= 15 is 0 Å². The van der Waals surface area contributed by atoms with Crippen LogP contribution >= 0.6 is 11.8 Å². The first-order chi connectivity index (χ1) is 11.1. The predicted octanol–water partition coefficient (Wildman–Crippen LogP) is 4.69. The first kappa shape index (κ1) is 30.0. The molecule has 0 spiro atoms. The van der Waals surface area contributed by atoms with Crippen LogP contribution in [-0.4, -0.2) is 30.2 Å². The van der Waals surface area contributed by atoms with Crippen molar-refractivity contribution in [3.8, 4) is 0 Å². The van der Waals surface area contributed by atoms with Gasteiger partial charge in [0.15, 0.2) is 0 Å². The number of amides is 1. The Morgan fingerprint density at radius 1 is 1.04 bits per heavy atom. The lowest BCUT2D eigenvalue weighted by molar-refractivity contribution is -0.129. The van der Waals surface area contributed by atoms with Crippen LogP contribution in [0.15, 0.2) is 0 Å². The highest BCUT2D eigenvalue weighted by Gasteiger charge is 1.94. The quantitative estimate of drug-likeness (QED) is 0.332. The highest BCUT2D eigenvalue weighted by atomic mass is 32.2. The van der Waals surface area contributed by atoms with Gasteiger partial charge in [0.2, 0.25) is 6.41 Å². The normalized spacial score (nSPS) is 8.22. The van der Waals surface area contributed by atoms with Gasteiger partial charge in [-0.3, -0.25) is 9.59 Å². The second kappa shape index (κ2) is 37.4. The van der Waals surface area contributed by atoms with E-state index in [1.54, 1.807) is 0 Å². The van der Waals surface area contributed by atoms with Gasteiger partial charge in [-0.05, 0) is 30.8 Å². The molecule has 0 aliphatic heterocycles. The number of aldehydes is 1. The summed E-state index contributed by atoms with van der Waals surface area (Å²) in [5.41, 5.74) is 4.17. The standard InChI is InChI=1S/C8H16OS.C6H11FO.C2H6.CH3NO/c1-2-10-8-6-4-3-5-7-9;1-2-3-4-5-6(7)8;1-2;2-1-3/h7H,2-6,8H2,1H3;2-5H2,1H3;1-2H3;1H,(H2,2,3). The average molecular weight is 354 g/mol. The molecule has 1 amide bonds. The van der Waals surface area contributed by atoms with E-state index in [4.69, 9.17) is 4.79 Å². The summed E-state index contributed by atoms with van der Waals surface area (Å²) >= 11 is 1.98. The van der Waals surface area contributed by atoms with E-state index in [0.29, 0.717) is 6.42 Å². The summed E-state index contributed by atoms with van der Waals surface area (Å²) in [7, 11) is 0. The molecule has 6 heteroatoms. The van der Waals surface area contributed by atoms with Crippen LogP contribution in [0.2, 0.25) is 0 Å². The van der Waals surface area contributed by atoms with Crippen molar-refractivity contribution in [1.82, 2.24) is 0 Å². The van der Waals surface area contributed by atoms with Crippen molar-refractivity contribution in [3.05, 3.63) is 0 Å². The summed E-state index contributed by atoms with van der Waals surface area (Å²) in [5.74, 6) is 2.48. The number of thioether (sulfide) groups is 1. The average Bonchev–Trinajstić information content (AvgIpc) is 2.54. The zero-order valence-corrected chi connectivity index (χ0v) is 16.1. The number of hydrogen-bond acceptors (Lipinski definition) is 4. The third kappa shape index (κ3) is 62.5. The van der Waals surface area contributed by atoms with Crippen molar-refractivity contribution < 1.29 is 18.8 Å². The molecule has 0 aliphatic rings. The van der Waals surface area contributed by atoms with Gasteiger partial charge in [-0.1, -0.05) is 47.0 Å². The molecular weight excluding hydrogens is 317 g/mol. The maximum Gasteiger partial charge on any atom is 0.301 e. The van der Waals surface area contributed by atoms with Gasteiger partial charge in [-0.25, -0.2) is 0 Å². The summed E-state index contributed by atoms with van der Waals surface area (Å²) in [6.45, 7) is 8.19. The first-order valence-corrected chi connectivity index (χ1v) is 9.61. The molecule has 4 nitrogen and oxygen atoms in total. The number of nitrogens with two attached hydrogens (primary N) is 1. The van der Waals surface area contributed by atoms with Gasteiger partial charge in [0.25, 0.3) is 0 Å². The van der Waals surface area contributed by atoms with E-state index in [1.165, 1.54) is 24.3 Å². The van der Waals surface area contributed by atoms with Crippen molar-refractivity contribution in [2.45, 2.75) is 79.1 Å². The maximum absolute atomic E-state index is 11.4. The Balaban J connectivity index is -0.000000124.